The highest BCUT2D eigenvalue weighted by Crippen LogP contribution is 2.35. The third kappa shape index (κ3) is 4.09. The standard InChI is InChI=1S/C20H21ClFNO2/c21-17-10-8-16(9-11-17)20(25)14-23(13-19(20)22)12-4-7-18(24)15-5-2-1-3-6-15/h1-3,5-6,8-11,19,25H,4,7,12-14H2. The van der Waals surface area contributed by atoms with E-state index in [-0.39, 0.29) is 18.9 Å². The number of carbonyl (C=O) groups excluding carboxylic acids is 1. The van der Waals surface area contributed by atoms with Gasteiger partial charge in [-0.1, -0.05) is 54.1 Å². The molecule has 0 aromatic heterocycles. The molecule has 1 aliphatic rings. The van der Waals surface area contributed by atoms with E-state index in [1.807, 2.05) is 23.1 Å². The number of carbonyl (C=O) groups is 1. The van der Waals surface area contributed by atoms with Gasteiger partial charge in [0, 0.05) is 30.1 Å². The molecular weight excluding hydrogens is 341 g/mol. The van der Waals surface area contributed by atoms with Crippen LogP contribution in [0.5, 0.6) is 0 Å². The summed E-state index contributed by atoms with van der Waals surface area (Å²) in [5.74, 6) is 0.0876. The molecule has 25 heavy (non-hydrogen) atoms. The van der Waals surface area contributed by atoms with Crippen molar-refractivity contribution in [3.63, 3.8) is 0 Å². The lowest BCUT2D eigenvalue weighted by atomic mass is 9.92. The number of hydrogen-bond donors (Lipinski definition) is 1. The van der Waals surface area contributed by atoms with Crippen molar-refractivity contribution in [1.82, 2.24) is 4.90 Å². The van der Waals surface area contributed by atoms with Crippen molar-refractivity contribution >= 4 is 17.4 Å². The van der Waals surface area contributed by atoms with Crippen molar-refractivity contribution in [1.29, 1.82) is 0 Å². The zero-order valence-electron chi connectivity index (χ0n) is 13.9. The predicted molar refractivity (Wildman–Crippen MR) is 96.7 cm³/mol. The normalized spacial score (nSPS) is 23.7. The molecule has 1 heterocycles. The van der Waals surface area contributed by atoms with Gasteiger partial charge in [-0.25, -0.2) is 4.39 Å². The van der Waals surface area contributed by atoms with E-state index >= 15 is 0 Å². The van der Waals surface area contributed by atoms with Gasteiger partial charge in [-0.2, -0.15) is 0 Å². The lowest BCUT2D eigenvalue weighted by Crippen LogP contribution is -2.36. The summed E-state index contributed by atoms with van der Waals surface area (Å²) in [5.41, 5.74) is -0.286. The number of β-amino-alcohol motifs (C(OH)–C–C–N with tert-alkyl or cyclic N) is 1. The number of hydrogen-bond acceptors (Lipinski definition) is 3. The molecule has 0 saturated carbocycles. The zero-order valence-corrected chi connectivity index (χ0v) is 14.6. The fourth-order valence-corrected chi connectivity index (χ4v) is 3.42. The second-order valence-corrected chi connectivity index (χ2v) is 6.96. The number of aliphatic hydroxyl groups is 1. The van der Waals surface area contributed by atoms with Gasteiger partial charge >= 0.3 is 0 Å². The minimum absolute atomic E-state index is 0.0876. The van der Waals surface area contributed by atoms with Crippen molar-refractivity contribution in [3.05, 3.63) is 70.7 Å². The van der Waals surface area contributed by atoms with Gasteiger partial charge in [0.1, 0.15) is 11.8 Å². The SMILES string of the molecule is O=C(CCCN1CC(F)C(O)(c2ccc(Cl)cc2)C1)c1ccccc1. The van der Waals surface area contributed by atoms with Gasteiger partial charge < -0.3 is 5.11 Å². The van der Waals surface area contributed by atoms with Crippen LogP contribution in [0, 0.1) is 0 Å². The minimum atomic E-state index is -1.52. The van der Waals surface area contributed by atoms with Crippen LogP contribution in [-0.2, 0) is 5.60 Å². The monoisotopic (exact) mass is 361 g/mol. The Morgan fingerprint density at radius 3 is 2.56 bits per heavy atom. The van der Waals surface area contributed by atoms with Crippen LogP contribution in [0.25, 0.3) is 0 Å². The van der Waals surface area contributed by atoms with Crippen LogP contribution in [0.15, 0.2) is 54.6 Å². The van der Waals surface area contributed by atoms with Crippen molar-refractivity contribution in [2.45, 2.75) is 24.6 Å². The highest BCUT2D eigenvalue weighted by atomic mass is 35.5. The quantitative estimate of drug-likeness (QED) is 0.794. The number of nitrogens with zero attached hydrogens (tertiary/aromatic N) is 1. The Bertz CT molecular complexity index is 722. The van der Waals surface area contributed by atoms with Crippen LogP contribution >= 0.6 is 11.6 Å². The maximum Gasteiger partial charge on any atom is 0.162 e. The molecule has 2 unspecified atom stereocenters. The van der Waals surface area contributed by atoms with Crippen LogP contribution in [0.4, 0.5) is 4.39 Å². The van der Waals surface area contributed by atoms with Crippen LogP contribution in [-0.4, -0.2) is 41.6 Å². The highest BCUT2D eigenvalue weighted by Gasteiger charge is 2.46. The molecule has 0 bridgehead atoms. The van der Waals surface area contributed by atoms with Gasteiger partial charge in [0.25, 0.3) is 0 Å². The Labute approximate surface area is 152 Å². The molecule has 2 aromatic carbocycles. The molecular formula is C20H21ClFNO2. The Morgan fingerprint density at radius 1 is 1.20 bits per heavy atom. The van der Waals surface area contributed by atoms with E-state index in [4.69, 9.17) is 11.6 Å². The second kappa shape index (κ2) is 7.65. The molecule has 1 saturated heterocycles. The zero-order chi connectivity index (χ0) is 17.9. The van der Waals surface area contributed by atoms with Gasteiger partial charge in [0.15, 0.2) is 5.78 Å². The summed E-state index contributed by atoms with van der Waals surface area (Å²) < 4.78 is 14.5. The van der Waals surface area contributed by atoms with Gasteiger partial charge in [0.2, 0.25) is 0 Å². The average Bonchev–Trinajstić information content (AvgIpc) is 2.91. The molecule has 2 aromatic rings. The molecule has 3 rings (SSSR count). The van der Waals surface area contributed by atoms with E-state index in [1.165, 1.54) is 0 Å². The molecule has 0 aliphatic carbocycles. The number of Topliss-reactive ketones (excluding diaryl/α,β-unsaturated/α-hetero) is 1. The van der Waals surface area contributed by atoms with E-state index in [0.717, 1.165) is 0 Å². The summed E-state index contributed by atoms with van der Waals surface area (Å²) in [4.78, 5) is 14.0. The van der Waals surface area contributed by atoms with Gasteiger partial charge in [-0.15, -0.1) is 0 Å². The molecule has 1 aliphatic heterocycles. The maximum atomic E-state index is 14.5. The van der Waals surface area contributed by atoms with Crippen LogP contribution < -0.4 is 0 Å². The summed E-state index contributed by atoms with van der Waals surface area (Å²) in [7, 11) is 0. The summed E-state index contributed by atoms with van der Waals surface area (Å²) in [5, 5.41) is 11.3. The van der Waals surface area contributed by atoms with Crippen molar-refractivity contribution in [3.8, 4) is 0 Å². The summed E-state index contributed by atoms with van der Waals surface area (Å²) in [6, 6.07) is 15.8. The molecule has 3 nitrogen and oxygen atoms in total. The molecule has 0 spiro atoms. The molecule has 2 atom stereocenters. The number of benzene rings is 2. The van der Waals surface area contributed by atoms with E-state index in [0.29, 0.717) is 35.5 Å². The highest BCUT2D eigenvalue weighted by molar-refractivity contribution is 6.30. The molecule has 0 radical (unpaired) electrons. The summed E-state index contributed by atoms with van der Waals surface area (Å²) >= 11 is 5.86. The third-order valence-electron chi connectivity index (χ3n) is 4.72. The third-order valence-corrected chi connectivity index (χ3v) is 4.97. The van der Waals surface area contributed by atoms with Crippen molar-refractivity contribution in [2.75, 3.05) is 19.6 Å². The number of halogens is 2. The first-order valence-corrected chi connectivity index (χ1v) is 8.80. The Morgan fingerprint density at radius 2 is 1.88 bits per heavy atom. The maximum absolute atomic E-state index is 14.5. The lowest BCUT2D eigenvalue weighted by Gasteiger charge is -2.25. The van der Waals surface area contributed by atoms with Gasteiger partial charge in [-0.05, 0) is 30.7 Å². The first-order chi connectivity index (χ1) is 12.0. The first kappa shape index (κ1) is 18.1. The summed E-state index contributed by atoms with van der Waals surface area (Å²) in [6.45, 7) is 0.961. The van der Waals surface area contributed by atoms with Crippen LogP contribution in [0.2, 0.25) is 5.02 Å². The van der Waals surface area contributed by atoms with Crippen LogP contribution in [0.1, 0.15) is 28.8 Å². The van der Waals surface area contributed by atoms with E-state index < -0.39 is 11.8 Å². The lowest BCUT2D eigenvalue weighted by molar-refractivity contribution is -0.00780. The number of likely N-dealkylation sites (tertiary alicyclic amines) is 1. The number of alkyl halides is 1. The number of rotatable bonds is 6. The smallest absolute Gasteiger partial charge is 0.162 e. The fraction of sp³-hybridized carbons (Fsp3) is 0.350. The van der Waals surface area contributed by atoms with E-state index in [2.05, 4.69) is 0 Å². The van der Waals surface area contributed by atoms with Crippen LogP contribution in [0.3, 0.4) is 0 Å². The van der Waals surface area contributed by atoms with Gasteiger partial charge in [0.05, 0.1) is 0 Å². The second-order valence-electron chi connectivity index (χ2n) is 6.53. The first-order valence-electron chi connectivity index (χ1n) is 8.42. The molecule has 1 fully saturated rings. The van der Waals surface area contributed by atoms with Crippen molar-refractivity contribution < 1.29 is 14.3 Å². The molecule has 132 valence electrons. The Hall–Kier alpha value is -1.75. The largest absolute Gasteiger partial charge is 0.381 e. The average molecular weight is 362 g/mol. The summed E-state index contributed by atoms with van der Waals surface area (Å²) in [6.07, 6.45) is -0.313. The minimum Gasteiger partial charge on any atom is -0.381 e. The Kier molecular flexibility index (Phi) is 5.52. The van der Waals surface area contributed by atoms with E-state index in [1.54, 1.807) is 36.4 Å². The molecule has 5 heteroatoms. The van der Waals surface area contributed by atoms with Crippen molar-refractivity contribution in [2.24, 2.45) is 0 Å². The topological polar surface area (TPSA) is 40.5 Å². The number of ketones is 1. The fourth-order valence-electron chi connectivity index (χ4n) is 3.29. The molecule has 1 N–H and O–H groups in total. The predicted octanol–water partition coefficient (Wildman–Crippen LogP) is 3.84. The van der Waals surface area contributed by atoms with Gasteiger partial charge in [-0.3, -0.25) is 9.69 Å². The Balaban J connectivity index is 1.55. The van der Waals surface area contributed by atoms with E-state index in [9.17, 15) is 14.3 Å². The molecule has 0 amide bonds.